The summed E-state index contributed by atoms with van der Waals surface area (Å²) in [6.45, 7) is 7.10. The Bertz CT molecular complexity index is 406. The van der Waals surface area contributed by atoms with Crippen molar-refractivity contribution in [1.29, 1.82) is 0 Å². The molecule has 0 saturated carbocycles. The summed E-state index contributed by atoms with van der Waals surface area (Å²) in [6.07, 6.45) is 5.19. The van der Waals surface area contributed by atoms with Gasteiger partial charge in [-0.25, -0.2) is 0 Å². The van der Waals surface area contributed by atoms with Crippen LogP contribution in [0.4, 0.5) is 0 Å². The smallest absolute Gasteiger partial charge is 0.122 e. The van der Waals surface area contributed by atoms with Crippen molar-refractivity contribution in [3.63, 3.8) is 0 Å². The second kappa shape index (κ2) is 5.63. The molecule has 0 bridgehead atoms. The van der Waals surface area contributed by atoms with E-state index in [2.05, 4.69) is 28.9 Å². The summed E-state index contributed by atoms with van der Waals surface area (Å²) in [5.74, 6) is 0.988. The van der Waals surface area contributed by atoms with Crippen LogP contribution in [-0.2, 0) is 6.54 Å². The zero-order valence-corrected chi connectivity index (χ0v) is 10.3. The highest BCUT2D eigenvalue weighted by atomic mass is 16.3. The highest BCUT2D eigenvalue weighted by Crippen LogP contribution is 2.22. The Balaban J connectivity index is 2.18. The molecule has 0 aliphatic carbocycles. The fourth-order valence-electron chi connectivity index (χ4n) is 2.05. The Morgan fingerprint density at radius 2 is 2.00 bits per heavy atom. The maximum atomic E-state index is 5.53. The van der Waals surface area contributed by atoms with Gasteiger partial charge in [-0.1, -0.05) is 13.8 Å². The van der Waals surface area contributed by atoms with E-state index in [1.165, 1.54) is 0 Å². The number of rotatable bonds is 6. The first kappa shape index (κ1) is 11.9. The van der Waals surface area contributed by atoms with Crippen LogP contribution in [0, 0.1) is 0 Å². The second-order valence-electron chi connectivity index (χ2n) is 3.91. The minimum absolute atomic E-state index is 0.232. The predicted molar refractivity (Wildman–Crippen MR) is 64.4 cm³/mol. The van der Waals surface area contributed by atoms with E-state index in [1.807, 2.05) is 16.7 Å². The van der Waals surface area contributed by atoms with Crippen LogP contribution in [0.1, 0.15) is 25.6 Å². The van der Waals surface area contributed by atoms with Gasteiger partial charge in [0.15, 0.2) is 0 Å². The minimum atomic E-state index is 0.232. The molecular weight excluding hydrogens is 216 g/mol. The van der Waals surface area contributed by atoms with Crippen LogP contribution in [0.2, 0.25) is 0 Å². The molecule has 0 aromatic carbocycles. The van der Waals surface area contributed by atoms with Crippen molar-refractivity contribution in [2.24, 2.45) is 0 Å². The van der Waals surface area contributed by atoms with E-state index in [9.17, 15) is 0 Å². The number of nitrogens with zero attached hydrogens (tertiary/aromatic N) is 4. The first-order valence-electron chi connectivity index (χ1n) is 5.95. The molecule has 2 rings (SSSR count). The number of furan rings is 1. The zero-order valence-electron chi connectivity index (χ0n) is 10.3. The quantitative estimate of drug-likeness (QED) is 0.766. The summed E-state index contributed by atoms with van der Waals surface area (Å²) in [4.78, 5) is 2.36. The van der Waals surface area contributed by atoms with E-state index >= 15 is 0 Å². The Morgan fingerprint density at radius 1 is 1.29 bits per heavy atom. The molecule has 0 fully saturated rings. The Hall–Kier alpha value is -1.62. The summed E-state index contributed by atoms with van der Waals surface area (Å²) in [6, 6.07) is 4.18. The van der Waals surface area contributed by atoms with Crippen molar-refractivity contribution >= 4 is 0 Å². The van der Waals surface area contributed by atoms with Gasteiger partial charge in [-0.2, -0.15) is 0 Å². The molecule has 17 heavy (non-hydrogen) atoms. The van der Waals surface area contributed by atoms with Gasteiger partial charge in [0.25, 0.3) is 0 Å². The highest BCUT2D eigenvalue weighted by molar-refractivity contribution is 5.04. The molecule has 92 valence electrons. The van der Waals surface area contributed by atoms with Crippen LogP contribution in [0.3, 0.4) is 0 Å². The third kappa shape index (κ3) is 2.74. The van der Waals surface area contributed by atoms with Gasteiger partial charge in [0.2, 0.25) is 0 Å². The van der Waals surface area contributed by atoms with Crippen LogP contribution in [0.5, 0.6) is 0 Å². The number of hydrogen-bond acceptors (Lipinski definition) is 4. The SMILES string of the molecule is CCN(CC)C(Cn1cnnc1)c1ccco1. The van der Waals surface area contributed by atoms with Gasteiger partial charge in [-0.05, 0) is 25.2 Å². The summed E-state index contributed by atoms with van der Waals surface area (Å²) >= 11 is 0. The Labute approximate surface area is 101 Å². The lowest BCUT2D eigenvalue weighted by Gasteiger charge is -2.28. The monoisotopic (exact) mass is 234 g/mol. The largest absolute Gasteiger partial charge is 0.468 e. The maximum absolute atomic E-state index is 5.53. The van der Waals surface area contributed by atoms with E-state index < -0.39 is 0 Å². The van der Waals surface area contributed by atoms with Crippen molar-refractivity contribution in [3.8, 4) is 0 Å². The molecule has 0 radical (unpaired) electrons. The van der Waals surface area contributed by atoms with Crippen molar-refractivity contribution in [3.05, 3.63) is 36.8 Å². The molecule has 0 aliphatic rings. The van der Waals surface area contributed by atoms with E-state index in [1.54, 1.807) is 18.9 Å². The standard InChI is InChI=1S/C12H18N4O/c1-3-16(4-2)11(12-6-5-7-17-12)8-15-9-13-14-10-15/h5-7,9-11H,3-4,8H2,1-2H3. The second-order valence-corrected chi connectivity index (χ2v) is 3.91. The maximum Gasteiger partial charge on any atom is 0.122 e. The van der Waals surface area contributed by atoms with Gasteiger partial charge in [0, 0.05) is 6.54 Å². The molecular formula is C12H18N4O. The van der Waals surface area contributed by atoms with E-state index in [-0.39, 0.29) is 6.04 Å². The zero-order chi connectivity index (χ0) is 12.1. The van der Waals surface area contributed by atoms with Crippen LogP contribution in [0.25, 0.3) is 0 Å². The van der Waals surface area contributed by atoms with Gasteiger partial charge in [0.1, 0.15) is 18.4 Å². The minimum Gasteiger partial charge on any atom is -0.468 e. The number of likely N-dealkylation sites (N-methyl/N-ethyl adjacent to an activating group) is 1. The van der Waals surface area contributed by atoms with Gasteiger partial charge >= 0.3 is 0 Å². The van der Waals surface area contributed by atoms with Crippen molar-refractivity contribution in [2.75, 3.05) is 13.1 Å². The molecule has 1 atom stereocenters. The Morgan fingerprint density at radius 3 is 2.53 bits per heavy atom. The van der Waals surface area contributed by atoms with Crippen molar-refractivity contribution in [1.82, 2.24) is 19.7 Å². The lowest BCUT2D eigenvalue weighted by Crippen LogP contribution is -2.31. The number of hydrogen-bond donors (Lipinski definition) is 0. The third-order valence-electron chi connectivity index (χ3n) is 2.98. The van der Waals surface area contributed by atoms with E-state index in [4.69, 9.17) is 4.42 Å². The molecule has 0 amide bonds. The molecule has 0 N–H and O–H groups in total. The van der Waals surface area contributed by atoms with Crippen molar-refractivity contribution in [2.45, 2.75) is 26.4 Å². The fraction of sp³-hybridized carbons (Fsp3) is 0.500. The topological polar surface area (TPSA) is 47.1 Å². The van der Waals surface area contributed by atoms with Crippen LogP contribution < -0.4 is 0 Å². The predicted octanol–water partition coefficient (Wildman–Crippen LogP) is 1.95. The lowest BCUT2D eigenvalue weighted by atomic mass is 10.2. The van der Waals surface area contributed by atoms with Gasteiger partial charge in [0.05, 0.1) is 12.3 Å². The average Bonchev–Trinajstić information content (AvgIpc) is 3.02. The lowest BCUT2D eigenvalue weighted by molar-refractivity contribution is 0.173. The normalized spacial score (nSPS) is 13.1. The summed E-state index contributed by atoms with van der Waals surface area (Å²) in [5, 5.41) is 7.66. The molecule has 0 saturated heterocycles. The highest BCUT2D eigenvalue weighted by Gasteiger charge is 2.20. The fourth-order valence-corrected chi connectivity index (χ4v) is 2.05. The molecule has 5 nitrogen and oxygen atoms in total. The summed E-state index contributed by atoms with van der Waals surface area (Å²) in [5.41, 5.74) is 0. The molecule has 2 heterocycles. The van der Waals surface area contributed by atoms with Crippen LogP contribution in [-0.4, -0.2) is 32.8 Å². The molecule has 0 spiro atoms. The summed E-state index contributed by atoms with van der Waals surface area (Å²) in [7, 11) is 0. The first-order chi connectivity index (χ1) is 8.35. The van der Waals surface area contributed by atoms with Crippen LogP contribution in [0.15, 0.2) is 35.5 Å². The van der Waals surface area contributed by atoms with Gasteiger partial charge in [-0.15, -0.1) is 10.2 Å². The number of aromatic nitrogens is 3. The third-order valence-corrected chi connectivity index (χ3v) is 2.98. The summed E-state index contributed by atoms with van der Waals surface area (Å²) < 4.78 is 7.51. The molecule has 1 unspecified atom stereocenters. The molecule has 5 heteroatoms. The Kier molecular flexibility index (Phi) is 3.93. The first-order valence-corrected chi connectivity index (χ1v) is 5.95. The molecule has 0 aliphatic heterocycles. The van der Waals surface area contributed by atoms with Crippen LogP contribution >= 0.6 is 0 Å². The van der Waals surface area contributed by atoms with Gasteiger partial charge < -0.3 is 8.98 Å². The van der Waals surface area contributed by atoms with E-state index in [0.717, 1.165) is 25.4 Å². The molecule has 2 aromatic heterocycles. The van der Waals surface area contributed by atoms with E-state index in [0.29, 0.717) is 0 Å². The van der Waals surface area contributed by atoms with Gasteiger partial charge in [-0.3, -0.25) is 4.90 Å². The molecule has 2 aromatic rings. The average molecular weight is 234 g/mol. The van der Waals surface area contributed by atoms with Crippen molar-refractivity contribution < 1.29 is 4.42 Å².